The number of amides is 1. The highest BCUT2D eigenvalue weighted by molar-refractivity contribution is 7.92. The van der Waals surface area contributed by atoms with Crippen LogP contribution in [-0.4, -0.2) is 37.6 Å². The number of nitrogens with zero attached hydrogens (tertiary/aromatic N) is 1. The van der Waals surface area contributed by atoms with E-state index in [1.165, 1.54) is 17.7 Å². The lowest BCUT2D eigenvalue weighted by molar-refractivity contribution is -0.134. The van der Waals surface area contributed by atoms with Crippen molar-refractivity contribution in [3.05, 3.63) is 66.0 Å². The molecule has 1 heterocycles. The van der Waals surface area contributed by atoms with Crippen molar-refractivity contribution in [1.82, 2.24) is 4.90 Å². The van der Waals surface area contributed by atoms with E-state index >= 15 is 0 Å². The molecule has 1 fully saturated rings. The number of hydrogen-bond donors (Lipinski definition) is 0. The molecular formula is C19H20FNO3S. The predicted molar refractivity (Wildman–Crippen MR) is 93.3 cm³/mol. The fourth-order valence-electron chi connectivity index (χ4n) is 2.90. The predicted octanol–water partition coefficient (Wildman–Crippen LogP) is 2.83. The second-order valence-electron chi connectivity index (χ2n) is 6.26. The highest BCUT2D eigenvalue weighted by Crippen LogP contribution is 2.24. The molecule has 2 aromatic rings. The van der Waals surface area contributed by atoms with Crippen molar-refractivity contribution in [3.63, 3.8) is 0 Å². The standard InChI is InChI=1S/C19H20FNO3S/c20-16-9-11-17(12-10-16)25(23,24)18-13-21(14-18)19(22)8-4-7-15-5-2-1-3-6-15/h1-3,5-6,9-12,18H,4,7-8,13-14H2. The van der Waals surface area contributed by atoms with Gasteiger partial charge in [0.25, 0.3) is 0 Å². The molecule has 0 bridgehead atoms. The number of carbonyl (C=O) groups excluding carboxylic acids is 1. The molecule has 6 heteroatoms. The van der Waals surface area contributed by atoms with Crippen molar-refractivity contribution in [3.8, 4) is 0 Å². The molecule has 1 saturated heterocycles. The second-order valence-corrected chi connectivity index (χ2v) is 8.49. The summed E-state index contributed by atoms with van der Waals surface area (Å²) in [6.45, 7) is 0.424. The van der Waals surface area contributed by atoms with E-state index in [0.29, 0.717) is 6.42 Å². The van der Waals surface area contributed by atoms with Gasteiger partial charge in [0.05, 0.1) is 4.90 Å². The zero-order chi connectivity index (χ0) is 17.9. The number of sulfone groups is 1. The summed E-state index contributed by atoms with van der Waals surface area (Å²) in [6, 6.07) is 14.8. The van der Waals surface area contributed by atoms with E-state index in [9.17, 15) is 17.6 Å². The summed E-state index contributed by atoms with van der Waals surface area (Å²) in [5.41, 5.74) is 1.19. The minimum absolute atomic E-state index is 0.0125. The first-order chi connectivity index (χ1) is 12.0. The lowest BCUT2D eigenvalue weighted by atomic mass is 10.1. The van der Waals surface area contributed by atoms with Crippen LogP contribution in [0.5, 0.6) is 0 Å². The van der Waals surface area contributed by atoms with Crippen LogP contribution in [0.2, 0.25) is 0 Å². The molecule has 4 nitrogen and oxygen atoms in total. The Morgan fingerprint density at radius 1 is 1.04 bits per heavy atom. The number of likely N-dealkylation sites (tertiary alicyclic amines) is 1. The summed E-state index contributed by atoms with van der Waals surface area (Å²) in [5, 5.41) is -0.601. The summed E-state index contributed by atoms with van der Waals surface area (Å²) < 4.78 is 37.8. The van der Waals surface area contributed by atoms with Crippen LogP contribution in [0, 0.1) is 5.82 Å². The van der Waals surface area contributed by atoms with Crippen LogP contribution in [0.25, 0.3) is 0 Å². The molecule has 0 spiro atoms. The summed E-state index contributed by atoms with van der Waals surface area (Å²) >= 11 is 0. The molecular weight excluding hydrogens is 341 g/mol. The van der Waals surface area contributed by atoms with E-state index in [4.69, 9.17) is 0 Å². The normalized spacial score (nSPS) is 15.0. The first-order valence-corrected chi connectivity index (χ1v) is 9.82. The van der Waals surface area contributed by atoms with E-state index in [1.54, 1.807) is 4.90 Å². The van der Waals surface area contributed by atoms with Gasteiger partial charge in [0.15, 0.2) is 9.84 Å². The summed E-state index contributed by atoms with van der Waals surface area (Å²) in [5.74, 6) is -0.482. The van der Waals surface area contributed by atoms with Gasteiger partial charge in [0, 0.05) is 19.5 Å². The minimum Gasteiger partial charge on any atom is -0.340 e. The molecule has 1 amide bonds. The van der Waals surface area contributed by atoms with Crippen molar-refractivity contribution in [2.75, 3.05) is 13.1 Å². The van der Waals surface area contributed by atoms with Crippen LogP contribution in [0.15, 0.2) is 59.5 Å². The van der Waals surface area contributed by atoms with Crippen LogP contribution in [0.1, 0.15) is 18.4 Å². The maximum absolute atomic E-state index is 12.9. The Hall–Kier alpha value is -2.21. The molecule has 1 aliphatic heterocycles. The molecule has 0 unspecified atom stereocenters. The van der Waals surface area contributed by atoms with Gasteiger partial charge in [-0.3, -0.25) is 4.79 Å². The zero-order valence-corrected chi connectivity index (χ0v) is 14.6. The second kappa shape index (κ2) is 7.35. The highest BCUT2D eigenvalue weighted by atomic mass is 32.2. The van der Waals surface area contributed by atoms with Crippen molar-refractivity contribution in [1.29, 1.82) is 0 Å². The molecule has 0 saturated carbocycles. The largest absolute Gasteiger partial charge is 0.340 e. The molecule has 2 aromatic carbocycles. The van der Waals surface area contributed by atoms with Crippen LogP contribution in [0.3, 0.4) is 0 Å². The fourth-order valence-corrected chi connectivity index (χ4v) is 4.55. The number of carbonyl (C=O) groups is 1. The average molecular weight is 361 g/mol. The Morgan fingerprint density at radius 3 is 2.32 bits per heavy atom. The Kier molecular flexibility index (Phi) is 5.18. The summed E-state index contributed by atoms with van der Waals surface area (Å²) in [4.78, 5) is 13.8. The number of halogens is 1. The minimum atomic E-state index is -3.51. The Balaban J connectivity index is 1.48. The van der Waals surface area contributed by atoms with Gasteiger partial charge < -0.3 is 4.90 Å². The van der Waals surface area contributed by atoms with Crippen LogP contribution < -0.4 is 0 Å². The van der Waals surface area contributed by atoms with Crippen LogP contribution in [-0.2, 0) is 21.1 Å². The Morgan fingerprint density at radius 2 is 1.68 bits per heavy atom. The molecule has 132 valence electrons. The smallest absolute Gasteiger partial charge is 0.222 e. The molecule has 0 aromatic heterocycles. The van der Waals surface area contributed by atoms with E-state index in [0.717, 1.165) is 25.0 Å². The van der Waals surface area contributed by atoms with Crippen LogP contribution in [0.4, 0.5) is 4.39 Å². The van der Waals surface area contributed by atoms with Crippen molar-refractivity contribution >= 4 is 15.7 Å². The SMILES string of the molecule is O=C(CCCc1ccccc1)N1CC(S(=O)(=O)c2ccc(F)cc2)C1. The molecule has 0 aliphatic carbocycles. The van der Waals surface area contributed by atoms with Gasteiger partial charge in [0.2, 0.25) is 5.91 Å². The van der Waals surface area contributed by atoms with Gasteiger partial charge in [-0.25, -0.2) is 12.8 Å². The van der Waals surface area contributed by atoms with Gasteiger partial charge in [-0.2, -0.15) is 0 Å². The van der Waals surface area contributed by atoms with Gasteiger partial charge in [-0.1, -0.05) is 30.3 Å². The third-order valence-corrected chi connectivity index (χ3v) is 6.59. The maximum atomic E-state index is 12.9. The molecule has 25 heavy (non-hydrogen) atoms. The van der Waals surface area contributed by atoms with E-state index < -0.39 is 20.9 Å². The number of hydrogen-bond acceptors (Lipinski definition) is 3. The number of aryl methyl sites for hydroxylation is 1. The Labute approximate surface area is 147 Å². The molecule has 3 rings (SSSR count). The van der Waals surface area contributed by atoms with Gasteiger partial charge in [-0.15, -0.1) is 0 Å². The molecule has 0 radical (unpaired) electrons. The lowest BCUT2D eigenvalue weighted by Gasteiger charge is -2.38. The fraction of sp³-hybridized carbons (Fsp3) is 0.316. The van der Waals surface area contributed by atoms with E-state index in [1.807, 2.05) is 30.3 Å². The topological polar surface area (TPSA) is 54.5 Å². The van der Waals surface area contributed by atoms with Gasteiger partial charge in [0.1, 0.15) is 11.1 Å². The van der Waals surface area contributed by atoms with Gasteiger partial charge in [-0.05, 0) is 42.7 Å². The van der Waals surface area contributed by atoms with E-state index in [2.05, 4.69) is 0 Å². The average Bonchev–Trinajstić information content (AvgIpc) is 2.54. The monoisotopic (exact) mass is 361 g/mol. The Bertz CT molecular complexity index is 829. The number of benzene rings is 2. The molecule has 0 N–H and O–H groups in total. The third kappa shape index (κ3) is 4.07. The zero-order valence-electron chi connectivity index (χ0n) is 13.8. The molecule has 1 aliphatic rings. The third-order valence-electron chi connectivity index (χ3n) is 4.48. The first-order valence-electron chi connectivity index (χ1n) is 8.28. The van der Waals surface area contributed by atoms with Gasteiger partial charge >= 0.3 is 0 Å². The number of rotatable bonds is 6. The van der Waals surface area contributed by atoms with E-state index in [-0.39, 0.29) is 23.9 Å². The van der Waals surface area contributed by atoms with Crippen molar-refractivity contribution in [2.24, 2.45) is 0 Å². The maximum Gasteiger partial charge on any atom is 0.222 e. The summed E-state index contributed by atoms with van der Waals surface area (Å²) in [6.07, 6.45) is 1.99. The van der Waals surface area contributed by atoms with Crippen molar-refractivity contribution in [2.45, 2.75) is 29.4 Å². The van der Waals surface area contributed by atoms with Crippen LogP contribution >= 0.6 is 0 Å². The quantitative estimate of drug-likeness (QED) is 0.744. The lowest BCUT2D eigenvalue weighted by Crippen LogP contribution is -2.56. The first kappa shape index (κ1) is 17.6. The highest BCUT2D eigenvalue weighted by Gasteiger charge is 2.40. The summed E-state index contributed by atoms with van der Waals surface area (Å²) in [7, 11) is -3.51. The molecule has 0 atom stereocenters. The van der Waals surface area contributed by atoms with Crippen molar-refractivity contribution < 1.29 is 17.6 Å².